The molecule has 3 heterocycles. The molecule has 1 aliphatic carbocycles. The van der Waals surface area contributed by atoms with Crippen LogP contribution in [-0.2, 0) is 6.18 Å². The quantitative estimate of drug-likeness (QED) is 0.583. The van der Waals surface area contributed by atoms with Crippen molar-refractivity contribution in [1.82, 2.24) is 19.7 Å². The fourth-order valence-electron chi connectivity index (χ4n) is 4.72. The second-order valence-electron chi connectivity index (χ2n) is 8.69. The van der Waals surface area contributed by atoms with Gasteiger partial charge in [-0.2, -0.15) is 18.3 Å². The molecule has 3 aromatic rings. The van der Waals surface area contributed by atoms with E-state index in [0.29, 0.717) is 31.5 Å². The van der Waals surface area contributed by atoms with Gasteiger partial charge >= 0.3 is 6.18 Å². The van der Waals surface area contributed by atoms with E-state index in [1.165, 1.54) is 23.2 Å². The zero-order valence-corrected chi connectivity index (χ0v) is 17.1. The van der Waals surface area contributed by atoms with E-state index in [0.717, 1.165) is 28.9 Å². The van der Waals surface area contributed by atoms with Crippen LogP contribution in [0.15, 0.2) is 47.4 Å². The molecule has 1 amide bonds. The normalized spacial score (nSPS) is 17.6. The predicted octanol–water partition coefficient (Wildman–Crippen LogP) is 3.58. The highest BCUT2D eigenvalue weighted by Crippen LogP contribution is 2.55. The van der Waals surface area contributed by atoms with Crippen molar-refractivity contribution in [2.24, 2.45) is 5.41 Å². The van der Waals surface area contributed by atoms with Crippen LogP contribution >= 0.6 is 0 Å². The van der Waals surface area contributed by atoms with Gasteiger partial charge < -0.3 is 15.0 Å². The minimum Gasteiger partial charge on any atom is -0.508 e. The highest BCUT2D eigenvalue weighted by Gasteiger charge is 2.56. The zero-order chi connectivity index (χ0) is 23.5. The summed E-state index contributed by atoms with van der Waals surface area (Å²) in [5, 5.41) is 13.7. The number of amides is 1. The van der Waals surface area contributed by atoms with Crippen LogP contribution < -0.4 is 5.56 Å². The Balaban J connectivity index is 1.31. The third kappa shape index (κ3) is 3.66. The van der Waals surface area contributed by atoms with Gasteiger partial charge in [0.2, 0.25) is 5.56 Å². The van der Waals surface area contributed by atoms with Crippen molar-refractivity contribution in [3.63, 3.8) is 0 Å². The summed E-state index contributed by atoms with van der Waals surface area (Å²) in [7, 11) is 0. The van der Waals surface area contributed by atoms with Crippen LogP contribution in [0.25, 0.3) is 11.3 Å². The molecule has 0 bridgehead atoms. The largest absolute Gasteiger partial charge is 0.508 e. The van der Waals surface area contributed by atoms with Gasteiger partial charge in [0.05, 0.1) is 17.3 Å². The highest BCUT2D eigenvalue weighted by molar-refractivity contribution is 5.95. The number of halogens is 4. The molecular formula is C22H18F4N4O3. The summed E-state index contributed by atoms with van der Waals surface area (Å²) in [4.78, 5) is 27.6. The first-order valence-corrected chi connectivity index (χ1v) is 10.2. The Hall–Kier alpha value is -3.63. The Bertz CT molecular complexity index is 1280. The Kier molecular flexibility index (Phi) is 4.62. The zero-order valence-electron chi connectivity index (χ0n) is 17.1. The van der Waals surface area contributed by atoms with Crippen LogP contribution in [0.2, 0.25) is 0 Å². The van der Waals surface area contributed by atoms with E-state index in [9.17, 15) is 32.3 Å². The summed E-state index contributed by atoms with van der Waals surface area (Å²) >= 11 is 0. The third-order valence-corrected chi connectivity index (χ3v) is 6.31. The molecule has 7 nitrogen and oxygen atoms in total. The number of phenols is 1. The number of nitrogens with one attached hydrogen (secondary N) is 1. The number of nitrogens with zero attached hydrogens (tertiary/aromatic N) is 3. The van der Waals surface area contributed by atoms with E-state index in [1.807, 2.05) is 0 Å². The van der Waals surface area contributed by atoms with E-state index in [1.54, 1.807) is 0 Å². The van der Waals surface area contributed by atoms with Gasteiger partial charge in [0.1, 0.15) is 17.3 Å². The van der Waals surface area contributed by atoms with E-state index >= 15 is 0 Å². The van der Waals surface area contributed by atoms with Gasteiger partial charge in [0.25, 0.3) is 5.91 Å². The standard InChI is InChI=1S/C22H18F4N4O3/c23-16-3-2-14(31)5-15(16)20(33)29-10-21(11-29)7-13(8-21)30-18(22(24,25)26)6-17(28-30)12-1-4-19(32)27-9-12/h1-6,9,13,31H,7-8,10-11H2,(H,27,32). The summed E-state index contributed by atoms with van der Waals surface area (Å²) in [6.45, 7) is 0.597. The van der Waals surface area contributed by atoms with Crippen LogP contribution in [0.1, 0.15) is 34.9 Å². The van der Waals surface area contributed by atoms with Crippen LogP contribution in [0.4, 0.5) is 17.6 Å². The Morgan fingerprint density at radius 2 is 1.88 bits per heavy atom. The van der Waals surface area contributed by atoms with Gasteiger partial charge in [0, 0.05) is 36.3 Å². The van der Waals surface area contributed by atoms with E-state index in [-0.39, 0.29) is 28.0 Å². The van der Waals surface area contributed by atoms with Crippen molar-refractivity contribution in [1.29, 1.82) is 0 Å². The maximum atomic E-state index is 13.9. The maximum Gasteiger partial charge on any atom is 0.433 e. The number of aromatic amines is 1. The molecule has 11 heteroatoms. The molecule has 1 spiro atoms. The molecule has 5 rings (SSSR count). The summed E-state index contributed by atoms with van der Waals surface area (Å²) in [6.07, 6.45) is -2.50. The monoisotopic (exact) mass is 462 g/mol. The first-order chi connectivity index (χ1) is 15.5. The summed E-state index contributed by atoms with van der Waals surface area (Å²) in [5.74, 6) is -1.53. The molecule has 1 saturated carbocycles. The molecule has 172 valence electrons. The van der Waals surface area contributed by atoms with Crippen LogP contribution in [0.3, 0.4) is 0 Å². The fraction of sp³-hybridized carbons (Fsp3) is 0.318. The number of phenolic OH excluding ortho intramolecular Hbond substituents is 1. The molecule has 2 fully saturated rings. The lowest BCUT2D eigenvalue weighted by Crippen LogP contribution is -2.64. The number of carbonyl (C=O) groups excluding carboxylic acids is 1. The van der Waals surface area contributed by atoms with Gasteiger partial charge in [0.15, 0.2) is 0 Å². The number of benzene rings is 1. The second kappa shape index (κ2) is 7.19. The molecule has 2 aliphatic rings. The van der Waals surface area contributed by atoms with Gasteiger partial charge in [-0.25, -0.2) is 4.39 Å². The van der Waals surface area contributed by atoms with Gasteiger partial charge in [-0.1, -0.05) is 0 Å². The van der Waals surface area contributed by atoms with E-state index < -0.39 is 29.6 Å². The minimum atomic E-state index is -4.61. The number of hydrogen-bond donors (Lipinski definition) is 2. The van der Waals surface area contributed by atoms with Crippen molar-refractivity contribution < 1.29 is 27.5 Å². The molecular weight excluding hydrogens is 444 g/mol. The molecule has 0 radical (unpaired) electrons. The number of likely N-dealkylation sites (tertiary alicyclic amines) is 1. The van der Waals surface area contributed by atoms with Crippen molar-refractivity contribution in [2.75, 3.05) is 13.1 Å². The predicted molar refractivity (Wildman–Crippen MR) is 108 cm³/mol. The average Bonchev–Trinajstić information content (AvgIpc) is 3.13. The van der Waals surface area contributed by atoms with Crippen molar-refractivity contribution in [3.8, 4) is 17.0 Å². The SMILES string of the molecule is O=C(c1cc(O)ccc1F)N1CC2(CC(n3nc(-c4ccc(=O)[nH]c4)cc3C(F)(F)F)C2)C1. The lowest BCUT2D eigenvalue weighted by Gasteiger charge is -2.59. The van der Waals surface area contributed by atoms with Gasteiger partial charge in [-0.15, -0.1) is 0 Å². The minimum absolute atomic E-state index is 0.101. The lowest BCUT2D eigenvalue weighted by atomic mass is 9.60. The number of carbonyl (C=O) groups is 1. The Morgan fingerprint density at radius 1 is 1.15 bits per heavy atom. The lowest BCUT2D eigenvalue weighted by molar-refractivity contribution is -0.149. The number of rotatable bonds is 3. The second-order valence-corrected chi connectivity index (χ2v) is 8.69. The number of aromatic nitrogens is 3. The van der Waals surface area contributed by atoms with Gasteiger partial charge in [-0.05, 0) is 43.2 Å². The summed E-state index contributed by atoms with van der Waals surface area (Å²) < 4.78 is 55.9. The van der Waals surface area contributed by atoms with Crippen molar-refractivity contribution >= 4 is 5.91 Å². The summed E-state index contributed by atoms with van der Waals surface area (Å²) in [5.41, 5.74) is -1.36. The number of pyridine rings is 1. The average molecular weight is 462 g/mol. The summed E-state index contributed by atoms with van der Waals surface area (Å²) in [6, 6.07) is 6.30. The number of hydrogen-bond acceptors (Lipinski definition) is 4. The molecule has 0 atom stereocenters. The smallest absolute Gasteiger partial charge is 0.433 e. The Morgan fingerprint density at radius 3 is 2.52 bits per heavy atom. The first kappa shape index (κ1) is 21.2. The number of H-pyrrole nitrogens is 1. The molecule has 1 aliphatic heterocycles. The third-order valence-electron chi connectivity index (χ3n) is 6.31. The molecule has 1 saturated heterocycles. The number of aromatic hydroxyl groups is 1. The molecule has 33 heavy (non-hydrogen) atoms. The fourth-order valence-corrected chi connectivity index (χ4v) is 4.72. The van der Waals surface area contributed by atoms with Gasteiger partial charge in [-0.3, -0.25) is 14.3 Å². The first-order valence-electron chi connectivity index (χ1n) is 10.2. The topological polar surface area (TPSA) is 91.2 Å². The van der Waals surface area contributed by atoms with Crippen molar-refractivity contribution in [3.05, 3.63) is 70.0 Å². The van der Waals surface area contributed by atoms with Crippen LogP contribution in [0, 0.1) is 11.2 Å². The molecule has 1 aromatic carbocycles. The molecule has 2 N–H and O–H groups in total. The van der Waals surface area contributed by atoms with Crippen LogP contribution in [-0.4, -0.2) is 43.8 Å². The van der Waals surface area contributed by atoms with E-state index in [2.05, 4.69) is 10.1 Å². The van der Waals surface area contributed by atoms with Crippen molar-refractivity contribution in [2.45, 2.75) is 25.1 Å². The number of alkyl halides is 3. The highest BCUT2D eigenvalue weighted by atomic mass is 19.4. The Labute approximate surface area is 184 Å². The van der Waals surface area contributed by atoms with Crippen LogP contribution in [0.5, 0.6) is 5.75 Å². The molecule has 2 aromatic heterocycles. The molecule has 0 unspecified atom stereocenters. The maximum absolute atomic E-state index is 13.9. The van der Waals surface area contributed by atoms with E-state index in [4.69, 9.17) is 0 Å².